The number of aromatic nitrogens is 4. The quantitative estimate of drug-likeness (QED) is 0.102. The number of ketones is 1. The number of benzene rings is 3. The molecular weight excluding hydrogens is 693 g/mol. The number of rotatable bonds is 10. The molecule has 2 saturated heterocycles. The minimum atomic E-state index is -0.476. The minimum Gasteiger partial charge on any atom is -0.404 e. The minimum absolute atomic E-state index is 0.0507. The van der Waals surface area contributed by atoms with Gasteiger partial charge in [0.15, 0.2) is 5.78 Å². The van der Waals surface area contributed by atoms with Crippen LogP contribution in [0.1, 0.15) is 59.3 Å². The van der Waals surface area contributed by atoms with E-state index in [1.807, 2.05) is 60.8 Å². The first-order chi connectivity index (χ1) is 26.9. The highest BCUT2D eigenvalue weighted by Crippen LogP contribution is 2.37. The second-order valence-electron chi connectivity index (χ2n) is 14.3. The lowest BCUT2D eigenvalue weighted by atomic mass is 9.73. The number of carbonyl (C=O) groups is 3. The zero-order chi connectivity index (χ0) is 37.7. The molecule has 0 saturated carbocycles. The average Bonchev–Trinajstić information content (AvgIpc) is 3.20. The molecule has 2 fully saturated rings. The molecule has 1 aliphatic carbocycles. The number of nitrogens with two attached hydrogens (primary N) is 1. The van der Waals surface area contributed by atoms with Crippen LogP contribution in [0.3, 0.4) is 0 Å². The number of likely N-dealkylation sites (tertiary alicyclic amines) is 1. The van der Waals surface area contributed by atoms with Crippen molar-refractivity contribution in [1.82, 2.24) is 30.2 Å². The third-order valence-corrected chi connectivity index (χ3v) is 10.7. The van der Waals surface area contributed by atoms with Gasteiger partial charge in [-0.2, -0.15) is 4.98 Å². The Morgan fingerprint density at radius 1 is 0.855 bits per heavy atom. The Morgan fingerprint density at radius 2 is 1.65 bits per heavy atom. The molecule has 5 aromatic rings. The highest BCUT2D eigenvalue weighted by molar-refractivity contribution is 6.09. The molecule has 0 spiro atoms. The van der Waals surface area contributed by atoms with E-state index in [9.17, 15) is 14.4 Å². The van der Waals surface area contributed by atoms with Crippen LogP contribution in [0.25, 0.3) is 16.6 Å². The number of fused-ring (bicyclic) bond motifs is 2. The first kappa shape index (κ1) is 35.7. The number of piperidine rings is 2. The average molecular weight is 735 g/mol. The molecule has 2 aliphatic heterocycles. The van der Waals surface area contributed by atoms with Gasteiger partial charge in [0.05, 0.1) is 29.0 Å². The number of amides is 2. The smallest absolute Gasteiger partial charge is 0.230 e. The van der Waals surface area contributed by atoms with Gasteiger partial charge >= 0.3 is 0 Å². The van der Waals surface area contributed by atoms with E-state index < -0.39 is 11.8 Å². The summed E-state index contributed by atoms with van der Waals surface area (Å²) in [5.41, 5.74) is 13.5. The molecule has 0 radical (unpaired) electrons. The second-order valence-corrected chi connectivity index (χ2v) is 14.3. The third-order valence-electron chi connectivity index (χ3n) is 10.7. The lowest BCUT2D eigenvalue weighted by molar-refractivity contribution is -0.137. The van der Waals surface area contributed by atoms with Gasteiger partial charge in [0.1, 0.15) is 5.82 Å². The molecule has 0 bridgehead atoms. The molecule has 2 amide bonds. The molecule has 4 heterocycles. The lowest BCUT2D eigenvalue weighted by Crippen LogP contribution is -2.46. The molecule has 2 unspecified atom stereocenters. The van der Waals surface area contributed by atoms with E-state index in [-0.39, 0.29) is 30.1 Å². The number of nitrogens with zero attached hydrogens (tertiary/aromatic N) is 6. The Balaban J connectivity index is 0.834. The molecule has 55 heavy (non-hydrogen) atoms. The van der Waals surface area contributed by atoms with Crippen molar-refractivity contribution >= 4 is 63.6 Å². The standard InChI is InChI=1S/C42H42N10O3/c43-22-27(37-24-46-35-5-1-2-6-36(35)48-37)23-45-28-17-20-52(21-18-28)25-26-8-10-29(11-9-26)47-42-44-19-16-38(50-42)49-34-7-3-4-31-30(34)12-13-32(40(31)54)33-14-15-39(53)51-41(33)55/h1-11,16,19,22-24,28,32-33H,12-15,17-18,20-21,25,43H2,(H,51,53,55)(H2,44,47,49,50). The fraction of sp³-hybridized carbons (Fsp3) is 0.286. The number of para-hydroxylation sites is 2. The number of anilines is 4. The van der Waals surface area contributed by atoms with E-state index >= 15 is 0 Å². The topological polar surface area (TPSA) is 180 Å². The van der Waals surface area contributed by atoms with Crippen molar-refractivity contribution in [3.05, 3.63) is 114 Å². The number of aliphatic imine (C=N–C) groups is 1. The van der Waals surface area contributed by atoms with E-state index in [1.54, 1.807) is 24.7 Å². The van der Waals surface area contributed by atoms with Crippen LogP contribution in [0.5, 0.6) is 0 Å². The van der Waals surface area contributed by atoms with Crippen molar-refractivity contribution < 1.29 is 14.4 Å². The molecule has 3 aromatic carbocycles. The zero-order valence-corrected chi connectivity index (χ0v) is 30.3. The number of hydrogen-bond acceptors (Lipinski definition) is 12. The number of hydrogen-bond donors (Lipinski definition) is 4. The molecule has 13 nitrogen and oxygen atoms in total. The predicted molar refractivity (Wildman–Crippen MR) is 212 cm³/mol. The second kappa shape index (κ2) is 15.9. The van der Waals surface area contributed by atoms with Crippen LogP contribution in [0.15, 0.2) is 96.4 Å². The maximum absolute atomic E-state index is 13.5. The van der Waals surface area contributed by atoms with Gasteiger partial charge in [-0.25, -0.2) is 9.97 Å². The van der Waals surface area contributed by atoms with Gasteiger partial charge in [-0.1, -0.05) is 36.4 Å². The van der Waals surface area contributed by atoms with Crippen LogP contribution in [0.4, 0.5) is 23.1 Å². The molecule has 3 aliphatic rings. The summed E-state index contributed by atoms with van der Waals surface area (Å²) in [7, 11) is 0. The largest absolute Gasteiger partial charge is 0.404 e. The van der Waals surface area contributed by atoms with Gasteiger partial charge in [-0.15, -0.1) is 0 Å². The molecule has 278 valence electrons. The van der Waals surface area contributed by atoms with Crippen molar-refractivity contribution in [2.24, 2.45) is 22.6 Å². The van der Waals surface area contributed by atoms with E-state index in [1.165, 1.54) is 5.56 Å². The summed E-state index contributed by atoms with van der Waals surface area (Å²) in [6.45, 7) is 2.75. The maximum atomic E-state index is 13.5. The number of imide groups is 1. The van der Waals surface area contributed by atoms with Crippen LogP contribution in [0, 0.1) is 11.8 Å². The number of carbonyl (C=O) groups excluding carboxylic acids is 3. The fourth-order valence-corrected chi connectivity index (χ4v) is 7.72. The summed E-state index contributed by atoms with van der Waals surface area (Å²) in [4.78, 5) is 63.3. The maximum Gasteiger partial charge on any atom is 0.230 e. The molecular formula is C42H42N10O3. The Hall–Kier alpha value is -6.34. The van der Waals surface area contributed by atoms with E-state index in [2.05, 4.69) is 47.9 Å². The Bertz CT molecular complexity index is 2300. The van der Waals surface area contributed by atoms with Crippen LogP contribution in [-0.4, -0.2) is 67.8 Å². The summed E-state index contributed by atoms with van der Waals surface area (Å²) in [6.07, 6.45) is 10.6. The predicted octanol–water partition coefficient (Wildman–Crippen LogP) is 5.74. The normalized spacial score (nSPS) is 19.7. The van der Waals surface area contributed by atoms with Crippen LogP contribution in [0.2, 0.25) is 0 Å². The zero-order valence-electron chi connectivity index (χ0n) is 30.3. The summed E-state index contributed by atoms with van der Waals surface area (Å²) in [6, 6.07) is 23.7. The van der Waals surface area contributed by atoms with Crippen molar-refractivity contribution in [2.45, 2.75) is 51.1 Å². The molecule has 13 heteroatoms. The molecule has 5 N–H and O–H groups in total. The Kier molecular flexibility index (Phi) is 10.3. The number of Topliss-reactive ketones (excluding diaryl/α,β-unsaturated/α-hetero) is 1. The summed E-state index contributed by atoms with van der Waals surface area (Å²) in [5, 5.41) is 9.08. The van der Waals surface area contributed by atoms with Gasteiger partial charge < -0.3 is 16.4 Å². The number of nitrogens with one attached hydrogen (secondary N) is 3. The van der Waals surface area contributed by atoms with E-state index in [0.29, 0.717) is 42.3 Å². The van der Waals surface area contributed by atoms with E-state index in [0.717, 1.165) is 66.0 Å². The van der Waals surface area contributed by atoms with Crippen LogP contribution < -0.4 is 21.7 Å². The van der Waals surface area contributed by atoms with E-state index in [4.69, 9.17) is 15.7 Å². The summed E-state index contributed by atoms with van der Waals surface area (Å²) >= 11 is 0. The molecule has 2 aromatic heterocycles. The fourth-order valence-electron chi connectivity index (χ4n) is 7.72. The van der Waals surface area contributed by atoms with Crippen molar-refractivity contribution in [2.75, 3.05) is 23.7 Å². The van der Waals surface area contributed by atoms with Crippen molar-refractivity contribution in [3.63, 3.8) is 0 Å². The Morgan fingerprint density at radius 3 is 2.45 bits per heavy atom. The van der Waals surface area contributed by atoms with Crippen LogP contribution in [-0.2, 0) is 22.6 Å². The Labute approximate surface area is 318 Å². The lowest BCUT2D eigenvalue weighted by Gasteiger charge is -2.32. The summed E-state index contributed by atoms with van der Waals surface area (Å²) in [5.74, 6) is -0.539. The molecule has 8 rings (SSSR count). The highest BCUT2D eigenvalue weighted by Gasteiger charge is 2.40. The van der Waals surface area contributed by atoms with Gasteiger partial charge in [0.2, 0.25) is 17.8 Å². The highest BCUT2D eigenvalue weighted by atomic mass is 16.2. The third kappa shape index (κ3) is 8.11. The SMILES string of the molecule is NC=C(C=NC1CCN(Cc2ccc(Nc3nccc(Nc4cccc5c4CCC(C4CCC(=O)NC4=O)C5=O)n3)cc2)CC1)c1cnc2ccccc2n1. The summed E-state index contributed by atoms with van der Waals surface area (Å²) < 4.78 is 0. The van der Waals surface area contributed by atoms with Gasteiger partial charge in [-0.3, -0.25) is 34.6 Å². The van der Waals surface area contributed by atoms with Crippen molar-refractivity contribution in [3.8, 4) is 0 Å². The molecule has 2 atom stereocenters. The van der Waals surface area contributed by atoms with Crippen LogP contribution >= 0.6 is 0 Å². The first-order valence-electron chi connectivity index (χ1n) is 18.8. The van der Waals surface area contributed by atoms with Crippen molar-refractivity contribution in [1.29, 1.82) is 0 Å². The number of allylic oxidation sites excluding steroid dienone is 1. The first-order valence-corrected chi connectivity index (χ1v) is 18.8. The monoisotopic (exact) mass is 734 g/mol. The van der Waals surface area contributed by atoms with Gasteiger partial charge in [0.25, 0.3) is 0 Å². The van der Waals surface area contributed by atoms with Gasteiger partial charge in [-0.05, 0) is 79.6 Å². The van der Waals surface area contributed by atoms with Gasteiger partial charge in [0, 0.05) is 79.0 Å².